The SMILES string of the molecule is O[C@@H]1[C@H](Cl)[C@@H]2C=C[C@@H](O2)C1(Cl)Cl. The lowest BCUT2D eigenvalue weighted by molar-refractivity contribution is -0.0450. The molecule has 5 heteroatoms. The first-order chi connectivity index (χ1) is 5.53. The summed E-state index contributed by atoms with van der Waals surface area (Å²) in [5.41, 5.74) is 0. The van der Waals surface area contributed by atoms with E-state index in [2.05, 4.69) is 0 Å². The summed E-state index contributed by atoms with van der Waals surface area (Å²) < 4.78 is 4.00. The van der Waals surface area contributed by atoms with E-state index in [1.807, 2.05) is 0 Å². The molecule has 2 aliphatic rings. The molecule has 2 nitrogen and oxygen atoms in total. The first-order valence-corrected chi connectivity index (χ1v) is 4.76. The van der Waals surface area contributed by atoms with Gasteiger partial charge in [0.05, 0.1) is 11.5 Å². The van der Waals surface area contributed by atoms with E-state index in [0.717, 1.165) is 0 Å². The number of hydrogen-bond acceptors (Lipinski definition) is 2. The highest BCUT2D eigenvalue weighted by Crippen LogP contribution is 2.44. The highest BCUT2D eigenvalue weighted by molar-refractivity contribution is 6.50. The molecule has 4 atom stereocenters. The van der Waals surface area contributed by atoms with Crippen molar-refractivity contribution in [1.82, 2.24) is 0 Å². The van der Waals surface area contributed by atoms with Gasteiger partial charge in [-0.2, -0.15) is 0 Å². The summed E-state index contributed by atoms with van der Waals surface area (Å²) in [5, 5.41) is 9.00. The first-order valence-electron chi connectivity index (χ1n) is 3.57. The monoisotopic (exact) mass is 228 g/mol. The van der Waals surface area contributed by atoms with Crippen molar-refractivity contribution in [1.29, 1.82) is 0 Å². The third-order valence-electron chi connectivity index (χ3n) is 2.17. The van der Waals surface area contributed by atoms with Crippen LogP contribution in [0.1, 0.15) is 0 Å². The van der Waals surface area contributed by atoms with Gasteiger partial charge in [0.25, 0.3) is 0 Å². The topological polar surface area (TPSA) is 29.5 Å². The minimum absolute atomic E-state index is 0.266. The number of hydrogen-bond donors (Lipinski definition) is 1. The van der Waals surface area contributed by atoms with Crippen LogP contribution in [-0.4, -0.2) is 33.1 Å². The van der Waals surface area contributed by atoms with E-state index >= 15 is 0 Å². The quantitative estimate of drug-likeness (QED) is 0.503. The van der Waals surface area contributed by atoms with Gasteiger partial charge in [0.15, 0.2) is 4.33 Å². The van der Waals surface area contributed by atoms with Gasteiger partial charge in [0, 0.05) is 0 Å². The second-order valence-corrected chi connectivity index (χ2v) is 4.92. The fraction of sp³-hybridized carbons (Fsp3) is 0.714. The van der Waals surface area contributed by atoms with Gasteiger partial charge in [0.2, 0.25) is 0 Å². The molecule has 12 heavy (non-hydrogen) atoms. The van der Waals surface area contributed by atoms with Crippen LogP contribution < -0.4 is 0 Å². The highest BCUT2D eigenvalue weighted by Gasteiger charge is 2.54. The van der Waals surface area contributed by atoms with Gasteiger partial charge in [-0.1, -0.05) is 35.4 Å². The normalized spacial score (nSPS) is 49.7. The summed E-state index contributed by atoms with van der Waals surface area (Å²) in [6.45, 7) is 0. The van der Waals surface area contributed by atoms with Crippen molar-refractivity contribution < 1.29 is 9.84 Å². The molecular weight excluding hydrogens is 222 g/mol. The van der Waals surface area contributed by atoms with Gasteiger partial charge < -0.3 is 9.84 Å². The van der Waals surface area contributed by atoms with Crippen molar-refractivity contribution in [2.45, 2.75) is 28.0 Å². The van der Waals surface area contributed by atoms with Crippen molar-refractivity contribution in [3.05, 3.63) is 12.2 Å². The van der Waals surface area contributed by atoms with Gasteiger partial charge in [-0.15, -0.1) is 11.6 Å². The molecule has 0 aromatic carbocycles. The van der Waals surface area contributed by atoms with E-state index in [0.29, 0.717) is 0 Å². The van der Waals surface area contributed by atoms with Gasteiger partial charge in [0.1, 0.15) is 12.2 Å². The molecule has 0 unspecified atom stereocenters. The first kappa shape index (κ1) is 9.10. The van der Waals surface area contributed by atoms with Gasteiger partial charge in [-0.05, 0) is 0 Å². The Morgan fingerprint density at radius 3 is 2.67 bits per heavy atom. The Hall–Kier alpha value is 0.530. The molecule has 0 radical (unpaired) electrons. The molecule has 2 bridgehead atoms. The van der Waals surface area contributed by atoms with Crippen LogP contribution in [0.4, 0.5) is 0 Å². The molecular formula is C7H7Cl3O2. The van der Waals surface area contributed by atoms with Crippen LogP contribution in [-0.2, 0) is 4.74 Å². The molecule has 0 amide bonds. The Morgan fingerprint density at radius 2 is 2.00 bits per heavy atom. The molecule has 0 aromatic rings. The van der Waals surface area contributed by atoms with Gasteiger partial charge in [-0.3, -0.25) is 0 Å². The molecule has 2 rings (SSSR count). The lowest BCUT2D eigenvalue weighted by atomic mass is 10.0. The van der Waals surface area contributed by atoms with E-state index in [1.54, 1.807) is 12.2 Å². The average Bonchev–Trinajstić information content (AvgIpc) is 2.46. The number of aliphatic hydroxyl groups excluding tert-OH is 1. The standard InChI is InChI=1S/C7H7Cl3O2/c8-5-3-1-2-4(12-3)7(9,10)6(5)11/h1-6,11H/t3-,4+,5+,6+/m0/s1. The van der Waals surface area contributed by atoms with E-state index in [4.69, 9.17) is 39.5 Å². The Labute approximate surface area is 85.0 Å². The lowest BCUT2D eigenvalue weighted by Crippen LogP contribution is -2.54. The van der Waals surface area contributed by atoms with Crippen LogP contribution in [0, 0.1) is 0 Å². The Balaban J connectivity index is 2.32. The lowest BCUT2D eigenvalue weighted by Gasteiger charge is -2.39. The highest BCUT2D eigenvalue weighted by atomic mass is 35.5. The number of alkyl halides is 3. The predicted molar refractivity (Wildman–Crippen MR) is 47.9 cm³/mol. The molecule has 2 aliphatic heterocycles. The van der Waals surface area contributed by atoms with Crippen LogP contribution in [0.2, 0.25) is 0 Å². The van der Waals surface area contributed by atoms with Crippen molar-refractivity contribution in [2.24, 2.45) is 0 Å². The maximum absolute atomic E-state index is 9.57. The number of ether oxygens (including phenoxy) is 1. The zero-order chi connectivity index (χ0) is 8.93. The largest absolute Gasteiger partial charge is 0.388 e. The average molecular weight is 229 g/mol. The van der Waals surface area contributed by atoms with Crippen LogP contribution in [0.5, 0.6) is 0 Å². The van der Waals surface area contributed by atoms with E-state index < -0.39 is 21.9 Å². The van der Waals surface area contributed by atoms with Crippen LogP contribution in [0.3, 0.4) is 0 Å². The molecule has 1 fully saturated rings. The van der Waals surface area contributed by atoms with Crippen LogP contribution >= 0.6 is 34.8 Å². The van der Waals surface area contributed by atoms with Crippen molar-refractivity contribution in [3.63, 3.8) is 0 Å². The zero-order valence-electron chi connectivity index (χ0n) is 5.95. The van der Waals surface area contributed by atoms with Crippen LogP contribution in [0.25, 0.3) is 0 Å². The summed E-state index contributed by atoms with van der Waals surface area (Å²) in [6.07, 6.45) is 1.84. The van der Waals surface area contributed by atoms with Crippen molar-refractivity contribution in [3.8, 4) is 0 Å². The van der Waals surface area contributed by atoms with E-state index in [-0.39, 0.29) is 6.10 Å². The maximum atomic E-state index is 9.57. The number of aliphatic hydroxyl groups is 1. The third kappa shape index (κ3) is 1.10. The number of halogens is 3. The number of fused-ring (bicyclic) bond motifs is 2. The minimum Gasteiger partial charge on any atom is -0.388 e. The molecule has 0 aliphatic carbocycles. The fourth-order valence-electron chi connectivity index (χ4n) is 1.43. The summed E-state index contributed by atoms with van der Waals surface area (Å²) in [5.74, 6) is 0. The molecule has 0 saturated carbocycles. The number of rotatable bonds is 0. The van der Waals surface area contributed by atoms with Crippen molar-refractivity contribution >= 4 is 34.8 Å². The predicted octanol–water partition coefficient (Wildman–Crippen LogP) is 1.47. The second-order valence-electron chi connectivity index (χ2n) is 2.97. The second kappa shape index (κ2) is 2.76. The smallest absolute Gasteiger partial charge is 0.174 e. The van der Waals surface area contributed by atoms with Gasteiger partial charge in [-0.25, -0.2) is 0 Å². The Morgan fingerprint density at radius 1 is 1.33 bits per heavy atom. The van der Waals surface area contributed by atoms with Crippen LogP contribution in [0.15, 0.2) is 12.2 Å². The molecule has 68 valence electrons. The summed E-state index contributed by atoms with van der Waals surface area (Å²) in [6, 6.07) is 0. The molecule has 0 aromatic heterocycles. The molecule has 1 N–H and O–H groups in total. The zero-order valence-corrected chi connectivity index (χ0v) is 8.22. The Kier molecular flexibility index (Phi) is 2.09. The summed E-state index contributed by atoms with van der Waals surface area (Å²) in [7, 11) is 0. The molecule has 2 heterocycles. The Bertz CT molecular complexity index is 229. The van der Waals surface area contributed by atoms with Crippen molar-refractivity contribution in [2.75, 3.05) is 0 Å². The van der Waals surface area contributed by atoms with E-state index in [1.165, 1.54) is 0 Å². The third-order valence-corrected chi connectivity index (χ3v) is 3.53. The molecule has 1 saturated heterocycles. The summed E-state index contributed by atoms with van der Waals surface area (Å²) in [4.78, 5) is 0. The molecule has 0 spiro atoms. The maximum Gasteiger partial charge on any atom is 0.174 e. The minimum atomic E-state index is -1.32. The van der Waals surface area contributed by atoms with Gasteiger partial charge >= 0.3 is 0 Å². The fourth-order valence-corrected chi connectivity index (χ4v) is 2.42. The summed E-state index contributed by atoms with van der Waals surface area (Å²) >= 11 is 17.6. The van der Waals surface area contributed by atoms with E-state index in [9.17, 15) is 5.11 Å².